The third kappa shape index (κ3) is 6.34. The highest BCUT2D eigenvalue weighted by atomic mass is 79.9. The molecule has 0 atom stereocenters. The van der Waals surface area contributed by atoms with Crippen LogP contribution in [0.2, 0.25) is 0 Å². The van der Waals surface area contributed by atoms with Crippen molar-refractivity contribution in [2.45, 2.75) is 0 Å². The maximum Gasteiger partial charge on any atom is 0.384 e. The molecule has 0 fully saturated rings. The fourth-order valence-corrected chi connectivity index (χ4v) is 1.67. The molecule has 1 aromatic carbocycles. The smallest absolute Gasteiger partial charge is 0.384 e. The number of hydrogen-bond acceptors (Lipinski definition) is 5. The summed E-state index contributed by atoms with van der Waals surface area (Å²) in [5.41, 5.74) is 0.863. The zero-order valence-electron chi connectivity index (χ0n) is 12.2. The molecule has 0 spiro atoms. The van der Waals surface area contributed by atoms with E-state index in [1.807, 2.05) is 29.2 Å². The van der Waals surface area contributed by atoms with Crippen molar-refractivity contribution < 1.29 is 19.1 Å². The average molecular weight is 364 g/mol. The van der Waals surface area contributed by atoms with Gasteiger partial charge < -0.3 is 14.4 Å². The van der Waals surface area contributed by atoms with E-state index < -0.39 is 11.9 Å². The average Bonchev–Trinajstić information content (AvgIpc) is 2.53. The van der Waals surface area contributed by atoms with Crippen molar-refractivity contribution in [2.75, 3.05) is 32.2 Å². The van der Waals surface area contributed by atoms with Gasteiger partial charge in [0.1, 0.15) is 0 Å². The van der Waals surface area contributed by atoms with Gasteiger partial charge in [0.15, 0.2) is 0 Å². The number of rotatable bonds is 3. The molecular weight excluding hydrogens is 350 g/mol. The number of nitrogens with zero attached hydrogens (tertiary/aromatic N) is 1. The summed E-state index contributed by atoms with van der Waals surface area (Å²) in [5, 5.41) is 0. The van der Waals surface area contributed by atoms with Crippen LogP contribution in [0.15, 0.2) is 28.7 Å². The first-order chi connectivity index (χ1) is 10.6. The highest BCUT2D eigenvalue weighted by Crippen LogP contribution is 2.17. The van der Waals surface area contributed by atoms with Crippen LogP contribution >= 0.6 is 15.9 Å². The Kier molecular flexibility index (Phi) is 7.60. The number of ether oxygens (including phenoxy) is 2. The third-order valence-electron chi connectivity index (χ3n) is 2.48. The number of methoxy groups -OCH3 is 2. The van der Waals surface area contributed by atoms with Crippen molar-refractivity contribution in [1.29, 1.82) is 0 Å². The molecule has 5 nitrogen and oxygen atoms in total. The molecule has 0 N–H and O–H groups in total. The van der Waals surface area contributed by atoms with Crippen LogP contribution in [0.3, 0.4) is 0 Å². The largest absolute Gasteiger partial charge is 0.459 e. The molecular formula is C16H14BrNO4. The Hall–Kier alpha value is -2.44. The molecule has 0 saturated heterocycles. The van der Waals surface area contributed by atoms with E-state index >= 15 is 0 Å². The van der Waals surface area contributed by atoms with Crippen LogP contribution in [0.5, 0.6) is 0 Å². The first-order valence-corrected chi connectivity index (χ1v) is 7.00. The van der Waals surface area contributed by atoms with Crippen molar-refractivity contribution in [3.63, 3.8) is 0 Å². The third-order valence-corrected chi connectivity index (χ3v) is 3.01. The van der Waals surface area contributed by atoms with Crippen molar-refractivity contribution in [2.24, 2.45) is 0 Å². The van der Waals surface area contributed by atoms with E-state index in [1.165, 1.54) is 14.2 Å². The van der Waals surface area contributed by atoms with E-state index in [9.17, 15) is 9.59 Å². The molecule has 0 aliphatic rings. The highest BCUT2D eigenvalue weighted by molar-refractivity contribution is 9.10. The molecule has 0 unspecified atom stereocenters. The van der Waals surface area contributed by atoms with Crippen LogP contribution in [0.1, 0.15) is 0 Å². The predicted octanol–water partition coefficient (Wildman–Crippen LogP) is 1.61. The quantitative estimate of drug-likeness (QED) is 0.464. The molecule has 6 heteroatoms. The van der Waals surface area contributed by atoms with Gasteiger partial charge in [0.05, 0.1) is 27.3 Å². The topological polar surface area (TPSA) is 55.8 Å². The van der Waals surface area contributed by atoms with E-state index in [1.54, 1.807) is 0 Å². The van der Waals surface area contributed by atoms with Gasteiger partial charge >= 0.3 is 11.9 Å². The lowest BCUT2D eigenvalue weighted by Crippen LogP contribution is -2.24. The lowest BCUT2D eigenvalue weighted by Gasteiger charge is -2.19. The Balaban J connectivity index is 2.85. The van der Waals surface area contributed by atoms with E-state index in [4.69, 9.17) is 0 Å². The summed E-state index contributed by atoms with van der Waals surface area (Å²) in [5.74, 6) is 8.92. The van der Waals surface area contributed by atoms with E-state index in [0.717, 1.165) is 10.2 Å². The van der Waals surface area contributed by atoms with Crippen molar-refractivity contribution in [1.82, 2.24) is 0 Å². The molecule has 1 aromatic rings. The molecule has 0 heterocycles. The Bertz CT molecular complexity index is 611. The number of benzene rings is 1. The summed E-state index contributed by atoms with van der Waals surface area (Å²) in [6.07, 6.45) is 0. The molecule has 0 saturated carbocycles. The van der Waals surface area contributed by atoms with Crippen LogP contribution in [-0.4, -0.2) is 39.2 Å². The monoisotopic (exact) mass is 363 g/mol. The van der Waals surface area contributed by atoms with E-state index in [0.29, 0.717) is 0 Å². The summed E-state index contributed by atoms with van der Waals surface area (Å²) in [4.78, 5) is 23.8. The molecule has 0 amide bonds. The lowest BCUT2D eigenvalue weighted by atomic mass is 10.3. The molecule has 0 bridgehead atoms. The maximum atomic E-state index is 11.0. The normalized spacial score (nSPS) is 8.68. The van der Waals surface area contributed by atoms with Gasteiger partial charge in [0.25, 0.3) is 0 Å². The van der Waals surface area contributed by atoms with Crippen LogP contribution in [0, 0.1) is 23.7 Å². The number of esters is 2. The minimum atomic E-state index is -0.601. The summed E-state index contributed by atoms with van der Waals surface area (Å²) < 4.78 is 9.85. The second-order valence-corrected chi connectivity index (χ2v) is 4.83. The minimum Gasteiger partial charge on any atom is -0.459 e. The molecule has 0 aliphatic heterocycles. The first-order valence-electron chi connectivity index (χ1n) is 6.21. The molecule has 0 aromatic heterocycles. The SMILES string of the molecule is COC(=O)C#CCN(CC#CC(=O)OC)c1ccc(Br)cc1. The summed E-state index contributed by atoms with van der Waals surface area (Å²) >= 11 is 3.36. The van der Waals surface area contributed by atoms with Gasteiger partial charge in [-0.25, -0.2) is 9.59 Å². The van der Waals surface area contributed by atoms with Gasteiger partial charge in [-0.15, -0.1) is 0 Å². The number of hydrogen-bond donors (Lipinski definition) is 0. The summed E-state index contributed by atoms with van der Waals surface area (Å²) in [6, 6.07) is 7.51. The second-order valence-electron chi connectivity index (χ2n) is 3.92. The fourth-order valence-electron chi connectivity index (χ4n) is 1.41. The van der Waals surface area contributed by atoms with E-state index in [-0.39, 0.29) is 13.1 Å². The fraction of sp³-hybridized carbons (Fsp3) is 0.250. The van der Waals surface area contributed by atoms with Gasteiger partial charge in [-0.3, -0.25) is 0 Å². The Labute approximate surface area is 137 Å². The minimum absolute atomic E-state index is 0.270. The Morgan fingerprint density at radius 2 is 1.45 bits per heavy atom. The number of carbonyl (C=O) groups excluding carboxylic acids is 2. The van der Waals surface area contributed by atoms with Gasteiger partial charge in [0.2, 0.25) is 0 Å². The number of carbonyl (C=O) groups is 2. The van der Waals surface area contributed by atoms with Gasteiger partial charge in [-0.05, 0) is 24.3 Å². The number of halogens is 1. The zero-order chi connectivity index (χ0) is 16.4. The molecule has 22 heavy (non-hydrogen) atoms. The second kappa shape index (κ2) is 9.49. The van der Waals surface area contributed by atoms with E-state index in [2.05, 4.69) is 49.1 Å². The molecule has 1 rings (SSSR count). The molecule has 0 aliphatic carbocycles. The van der Waals surface area contributed by atoms with Gasteiger partial charge in [0, 0.05) is 22.0 Å². The number of anilines is 1. The van der Waals surface area contributed by atoms with Crippen LogP contribution < -0.4 is 4.90 Å². The molecule has 114 valence electrons. The van der Waals surface area contributed by atoms with Crippen molar-refractivity contribution >= 4 is 33.6 Å². The summed E-state index contributed by atoms with van der Waals surface area (Å²) in [6.45, 7) is 0.541. The van der Waals surface area contributed by atoms with Crippen molar-refractivity contribution in [3.05, 3.63) is 28.7 Å². The lowest BCUT2D eigenvalue weighted by molar-refractivity contribution is -0.134. The zero-order valence-corrected chi connectivity index (χ0v) is 13.8. The molecule has 0 radical (unpaired) electrons. The first kappa shape index (κ1) is 17.6. The predicted molar refractivity (Wildman–Crippen MR) is 85.9 cm³/mol. The van der Waals surface area contributed by atoms with Crippen LogP contribution in [-0.2, 0) is 19.1 Å². The Morgan fingerprint density at radius 3 is 1.86 bits per heavy atom. The maximum absolute atomic E-state index is 11.0. The summed E-state index contributed by atoms with van der Waals surface area (Å²) in [7, 11) is 2.54. The van der Waals surface area contributed by atoms with Crippen LogP contribution in [0.25, 0.3) is 0 Å². The van der Waals surface area contributed by atoms with Gasteiger partial charge in [-0.1, -0.05) is 27.8 Å². The highest BCUT2D eigenvalue weighted by Gasteiger charge is 2.04. The standard InChI is InChI=1S/C16H14BrNO4/c1-21-15(19)5-3-11-18(12-4-6-16(20)22-2)14-9-7-13(17)8-10-14/h7-10H,11-12H2,1-2H3. The van der Waals surface area contributed by atoms with Crippen molar-refractivity contribution in [3.8, 4) is 23.7 Å². The Morgan fingerprint density at radius 1 is 1.00 bits per heavy atom. The van der Waals surface area contributed by atoms with Crippen LogP contribution in [0.4, 0.5) is 5.69 Å². The van der Waals surface area contributed by atoms with Gasteiger partial charge in [-0.2, -0.15) is 0 Å².